The van der Waals surface area contributed by atoms with Crippen LogP contribution in [-0.2, 0) is 6.42 Å². The summed E-state index contributed by atoms with van der Waals surface area (Å²) in [7, 11) is 0. The molecule has 0 amide bonds. The molecule has 82 valence electrons. The largest absolute Gasteiger partial charge is 0.388 e. The van der Waals surface area contributed by atoms with E-state index in [1.165, 1.54) is 12.1 Å². The fourth-order valence-corrected chi connectivity index (χ4v) is 2.39. The Labute approximate surface area is 96.6 Å². The lowest BCUT2D eigenvalue weighted by molar-refractivity contribution is 0.0617. The van der Waals surface area contributed by atoms with E-state index in [0.29, 0.717) is 13.0 Å². The minimum atomic E-state index is -0.680. The summed E-state index contributed by atoms with van der Waals surface area (Å²) in [6.45, 7) is 1.45. The molecule has 0 aromatic heterocycles. The molecule has 15 heavy (non-hydrogen) atoms. The molecule has 1 unspecified atom stereocenters. The van der Waals surface area contributed by atoms with Crippen molar-refractivity contribution >= 4 is 15.9 Å². The van der Waals surface area contributed by atoms with E-state index in [1.807, 2.05) is 0 Å². The third-order valence-corrected chi connectivity index (χ3v) is 3.49. The molecule has 1 aliphatic rings. The van der Waals surface area contributed by atoms with Gasteiger partial charge in [0.05, 0.1) is 5.60 Å². The Bertz CT molecular complexity index is 364. The van der Waals surface area contributed by atoms with Gasteiger partial charge in [0, 0.05) is 17.4 Å². The zero-order chi connectivity index (χ0) is 10.9. The van der Waals surface area contributed by atoms with Crippen molar-refractivity contribution in [3.8, 4) is 0 Å². The minimum Gasteiger partial charge on any atom is -0.388 e. The maximum Gasteiger partial charge on any atom is 0.124 e. The molecule has 0 radical (unpaired) electrons. The molecule has 1 heterocycles. The number of nitrogens with one attached hydrogen (secondary N) is 1. The number of benzene rings is 1. The van der Waals surface area contributed by atoms with E-state index < -0.39 is 5.60 Å². The van der Waals surface area contributed by atoms with Gasteiger partial charge < -0.3 is 10.4 Å². The van der Waals surface area contributed by atoms with Crippen molar-refractivity contribution in [2.24, 2.45) is 0 Å². The van der Waals surface area contributed by atoms with Crippen LogP contribution in [0, 0.1) is 5.82 Å². The quantitative estimate of drug-likeness (QED) is 0.862. The Morgan fingerprint density at radius 3 is 2.93 bits per heavy atom. The van der Waals surface area contributed by atoms with Gasteiger partial charge in [-0.15, -0.1) is 0 Å². The summed E-state index contributed by atoms with van der Waals surface area (Å²) >= 11 is 3.31. The van der Waals surface area contributed by atoms with Crippen LogP contribution in [0.25, 0.3) is 0 Å². The smallest absolute Gasteiger partial charge is 0.124 e. The minimum absolute atomic E-state index is 0.262. The first-order valence-corrected chi connectivity index (χ1v) is 5.75. The third kappa shape index (κ3) is 2.56. The van der Waals surface area contributed by atoms with Crippen molar-refractivity contribution in [2.75, 3.05) is 13.1 Å². The van der Waals surface area contributed by atoms with E-state index in [4.69, 9.17) is 0 Å². The first kappa shape index (κ1) is 11.0. The second kappa shape index (κ2) is 4.20. The highest BCUT2D eigenvalue weighted by molar-refractivity contribution is 9.10. The molecule has 1 aromatic rings. The van der Waals surface area contributed by atoms with Gasteiger partial charge in [0.25, 0.3) is 0 Å². The molecule has 0 bridgehead atoms. The van der Waals surface area contributed by atoms with E-state index >= 15 is 0 Å². The first-order chi connectivity index (χ1) is 7.09. The maximum absolute atomic E-state index is 12.9. The molecule has 1 fully saturated rings. The lowest BCUT2D eigenvalue weighted by Gasteiger charge is -2.21. The molecule has 1 atom stereocenters. The fourth-order valence-electron chi connectivity index (χ4n) is 1.90. The highest BCUT2D eigenvalue weighted by Gasteiger charge is 2.31. The number of hydrogen-bond donors (Lipinski definition) is 2. The summed E-state index contributed by atoms with van der Waals surface area (Å²) in [6, 6.07) is 4.57. The van der Waals surface area contributed by atoms with Gasteiger partial charge in [-0.3, -0.25) is 0 Å². The van der Waals surface area contributed by atoms with Crippen LogP contribution in [0.2, 0.25) is 0 Å². The van der Waals surface area contributed by atoms with Crippen LogP contribution in [0.5, 0.6) is 0 Å². The van der Waals surface area contributed by atoms with Crippen LogP contribution in [-0.4, -0.2) is 23.8 Å². The lowest BCUT2D eigenvalue weighted by atomic mass is 9.94. The van der Waals surface area contributed by atoms with Crippen molar-refractivity contribution in [3.63, 3.8) is 0 Å². The van der Waals surface area contributed by atoms with Crippen molar-refractivity contribution in [1.82, 2.24) is 5.32 Å². The van der Waals surface area contributed by atoms with Gasteiger partial charge >= 0.3 is 0 Å². The molecule has 4 heteroatoms. The number of hydrogen-bond acceptors (Lipinski definition) is 2. The van der Waals surface area contributed by atoms with Gasteiger partial charge in [-0.05, 0) is 30.7 Å². The lowest BCUT2D eigenvalue weighted by Crippen LogP contribution is -2.33. The molecule has 1 saturated heterocycles. The number of rotatable bonds is 2. The molecule has 2 nitrogen and oxygen atoms in total. The monoisotopic (exact) mass is 273 g/mol. The van der Waals surface area contributed by atoms with E-state index in [2.05, 4.69) is 21.2 Å². The van der Waals surface area contributed by atoms with Gasteiger partial charge in [-0.25, -0.2) is 4.39 Å². The summed E-state index contributed by atoms with van der Waals surface area (Å²) in [5.74, 6) is -0.262. The van der Waals surface area contributed by atoms with E-state index in [-0.39, 0.29) is 5.82 Å². The molecule has 1 aromatic carbocycles. The maximum atomic E-state index is 12.9. The normalized spacial score (nSPS) is 25.8. The van der Waals surface area contributed by atoms with Crippen LogP contribution in [0.15, 0.2) is 22.7 Å². The summed E-state index contributed by atoms with van der Waals surface area (Å²) in [4.78, 5) is 0. The molecule has 1 aliphatic heterocycles. The second-order valence-electron chi connectivity index (χ2n) is 4.06. The predicted molar refractivity (Wildman–Crippen MR) is 60.2 cm³/mol. The Morgan fingerprint density at radius 2 is 2.33 bits per heavy atom. The summed E-state index contributed by atoms with van der Waals surface area (Å²) in [6.07, 6.45) is 1.30. The van der Waals surface area contributed by atoms with Gasteiger partial charge in [0.15, 0.2) is 0 Å². The molecule has 0 spiro atoms. The van der Waals surface area contributed by atoms with Crippen molar-refractivity contribution in [2.45, 2.75) is 18.4 Å². The Kier molecular flexibility index (Phi) is 3.09. The van der Waals surface area contributed by atoms with E-state index in [9.17, 15) is 9.50 Å². The van der Waals surface area contributed by atoms with Gasteiger partial charge in [0.2, 0.25) is 0 Å². The fraction of sp³-hybridized carbons (Fsp3) is 0.455. The first-order valence-electron chi connectivity index (χ1n) is 4.96. The third-order valence-electron chi connectivity index (χ3n) is 2.76. The van der Waals surface area contributed by atoms with Gasteiger partial charge in [-0.2, -0.15) is 0 Å². The van der Waals surface area contributed by atoms with Gasteiger partial charge in [-0.1, -0.05) is 22.0 Å². The number of β-amino-alcohol motifs (C(OH)–C–C–N with tert-alkyl or cyclic N) is 1. The molecule has 2 rings (SSSR count). The summed E-state index contributed by atoms with van der Waals surface area (Å²) in [5.41, 5.74) is 0.267. The zero-order valence-corrected chi connectivity index (χ0v) is 9.85. The SMILES string of the molecule is OC1(Cc2ccc(F)cc2Br)CCNC1. The van der Waals surface area contributed by atoms with Crippen LogP contribution in [0.1, 0.15) is 12.0 Å². The molecular formula is C11H13BrFNO. The number of aliphatic hydroxyl groups is 1. The second-order valence-corrected chi connectivity index (χ2v) is 4.92. The molecule has 0 saturated carbocycles. The predicted octanol–water partition coefficient (Wildman–Crippen LogP) is 1.86. The standard InChI is InChI=1S/C11H13BrFNO/c12-10-5-9(13)2-1-8(10)6-11(15)3-4-14-7-11/h1-2,5,14-15H,3-4,6-7H2. The van der Waals surface area contributed by atoms with Crippen molar-refractivity contribution < 1.29 is 9.50 Å². The zero-order valence-electron chi connectivity index (χ0n) is 8.26. The summed E-state index contributed by atoms with van der Waals surface area (Å²) in [5, 5.41) is 13.3. The Balaban J connectivity index is 2.16. The van der Waals surface area contributed by atoms with E-state index in [1.54, 1.807) is 6.07 Å². The van der Waals surface area contributed by atoms with Crippen LogP contribution >= 0.6 is 15.9 Å². The highest BCUT2D eigenvalue weighted by Crippen LogP contribution is 2.25. The van der Waals surface area contributed by atoms with Crippen LogP contribution < -0.4 is 5.32 Å². The highest BCUT2D eigenvalue weighted by atomic mass is 79.9. The Morgan fingerprint density at radius 1 is 1.53 bits per heavy atom. The summed E-state index contributed by atoms with van der Waals surface area (Å²) < 4.78 is 13.6. The molecule has 2 N–H and O–H groups in total. The van der Waals surface area contributed by atoms with Crippen LogP contribution in [0.4, 0.5) is 4.39 Å². The van der Waals surface area contributed by atoms with Crippen molar-refractivity contribution in [1.29, 1.82) is 0 Å². The molecular weight excluding hydrogens is 261 g/mol. The van der Waals surface area contributed by atoms with Gasteiger partial charge in [0.1, 0.15) is 5.82 Å². The number of halogens is 2. The topological polar surface area (TPSA) is 32.3 Å². The average molecular weight is 274 g/mol. The molecule has 0 aliphatic carbocycles. The van der Waals surface area contributed by atoms with Crippen LogP contribution in [0.3, 0.4) is 0 Å². The Hall–Kier alpha value is -0.450. The van der Waals surface area contributed by atoms with Crippen molar-refractivity contribution in [3.05, 3.63) is 34.1 Å². The average Bonchev–Trinajstić information content (AvgIpc) is 2.58. The van der Waals surface area contributed by atoms with E-state index in [0.717, 1.165) is 23.0 Å².